The molecule has 1 nitrogen and oxygen atoms in total. The molecule has 0 bridgehead atoms. The quantitative estimate of drug-likeness (QED) is 0.654. The van der Waals surface area contributed by atoms with Gasteiger partial charge in [0.25, 0.3) is 0 Å². The Labute approximate surface area is 77.8 Å². The molecule has 12 heavy (non-hydrogen) atoms. The molecule has 0 saturated heterocycles. The van der Waals surface area contributed by atoms with Crippen molar-refractivity contribution < 1.29 is 0 Å². The fourth-order valence-electron chi connectivity index (χ4n) is 1.37. The van der Waals surface area contributed by atoms with Crippen LogP contribution in [-0.2, 0) is 6.42 Å². The lowest BCUT2D eigenvalue weighted by Gasteiger charge is -2.06. The van der Waals surface area contributed by atoms with Crippen molar-refractivity contribution in [2.75, 3.05) is 0 Å². The van der Waals surface area contributed by atoms with E-state index in [2.05, 4.69) is 4.98 Å². The highest BCUT2D eigenvalue weighted by molar-refractivity contribution is 6.21. The third kappa shape index (κ3) is 1.98. The van der Waals surface area contributed by atoms with E-state index in [1.807, 2.05) is 24.5 Å². The highest BCUT2D eigenvalue weighted by atomic mass is 35.5. The number of aromatic nitrogens is 1. The first-order valence-electron chi connectivity index (χ1n) is 4.39. The fraction of sp³-hybridized carbons (Fsp3) is 0.500. The maximum atomic E-state index is 6.19. The average Bonchev–Trinajstić information content (AvgIpc) is 2.88. The minimum absolute atomic E-state index is 0.340. The van der Waals surface area contributed by atoms with Crippen molar-refractivity contribution in [1.29, 1.82) is 0 Å². The molecule has 1 aromatic rings. The zero-order chi connectivity index (χ0) is 8.39. The molecule has 2 rings (SSSR count). The Hall–Kier alpha value is -0.560. The predicted molar refractivity (Wildman–Crippen MR) is 50.3 cm³/mol. The molecule has 0 spiro atoms. The lowest BCUT2D eigenvalue weighted by atomic mass is 10.1. The third-order valence-corrected chi connectivity index (χ3v) is 2.82. The molecular formula is C10H12ClN. The Morgan fingerprint density at radius 3 is 2.67 bits per heavy atom. The van der Waals surface area contributed by atoms with Gasteiger partial charge in [0, 0.05) is 17.8 Å². The number of halogens is 1. The van der Waals surface area contributed by atoms with Gasteiger partial charge in [-0.05, 0) is 42.9 Å². The summed E-state index contributed by atoms with van der Waals surface area (Å²) in [6, 6.07) is 4.08. The minimum Gasteiger partial charge on any atom is -0.265 e. The Morgan fingerprint density at radius 2 is 2.08 bits per heavy atom. The number of rotatable bonds is 3. The largest absolute Gasteiger partial charge is 0.265 e. The zero-order valence-corrected chi connectivity index (χ0v) is 7.67. The molecule has 1 aliphatic carbocycles. The van der Waals surface area contributed by atoms with Crippen molar-refractivity contribution in [2.45, 2.75) is 24.6 Å². The van der Waals surface area contributed by atoms with E-state index in [1.54, 1.807) is 0 Å². The van der Waals surface area contributed by atoms with Crippen LogP contribution in [0.15, 0.2) is 24.5 Å². The monoisotopic (exact) mass is 181 g/mol. The van der Waals surface area contributed by atoms with Crippen LogP contribution in [0.1, 0.15) is 18.4 Å². The van der Waals surface area contributed by atoms with E-state index in [9.17, 15) is 0 Å². The van der Waals surface area contributed by atoms with Gasteiger partial charge in [-0.2, -0.15) is 0 Å². The van der Waals surface area contributed by atoms with Crippen molar-refractivity contribution in [3.05, 3.63) is 30.1 Å². The molecule has 0 aromatic carbocycles. The molecule has 0 radical (unpaired) electrons. The van der Waals surface area contributed by atoms with Crippen LogP contribution in [0.3, 0.4) is 0 Å². The number of nitrogens with zero attached hydrogens (tertiary/aromatic N) is 1. The number of pyridine rings is 1. The van der Waals surface area contributed by atoms with E-state index in [4.69, 9.17) is 11.6 Å². The van der Waals surface area contributed by atoms with Crippen molar-refractivity contribution in [3.63, 3.8) is 0 Å². The maximum Gasteiger partial charge on any atom is 0.0404 e. The second-order valence-electron chi connectivity index (χ2n) is 3.41. The molecule has 0 amide bonds. The molecule has 1 fully saturated rings. The summed E-state index contributed by atoms with van der Waals surface area (Å²) in [5.74, 6) is 0.778. The van der Waals surface area contributed by atoms with Gasteiger partial charge in [0.05, 0.1) is 0 Å². The van der Waals surface area contributed by atoms with E-state index >= 15 is 0 Å². The van der Waals surface area contributed by atoms with Crippen LogP contribution in [0.25, 0.3) is 0 Å². The number of hydrogen-bond acceptors (Lipinski definition) is 1. The van der Waals surface area contributed by atoms with E-state index in [0.717, 1.165) is 12.3 Å². The predicted octanol–water partition coefficient (Wildman–Crippen LogP) is 2.64. The number of alkyl halides is 1. The van der Waals surface area contributed by atoms with Gasteiger partial charge in [-0.3, -0.25) is 4.98 Å². The van der Waals surface area contributed by atoms with Crippen LogP contribution in [-0.4, -0.2) is 10.4 Å². The molecule has 2 heteroatoms. The highest BCUT2D eigenvalue weighted by Gasteiger charge is 2.29. The lowest BCUT2D eigenvalue weighted by molar-refractivity contribution is 0.737. The van der Waals surface area contributed by atoms with Gasteiger partial charge in [0.1, 0.15) is 0 Å². The Bertz CT molecular complexity index is 243. The van der Waals surface area contributed by atoms with Crippen LogP contribution in [0.5, 0.6) is 0 Å². The van der Waals surface area contributed by atoms with Crippen molar-refractivity contribution in [1.82, 2.24) is 4.98 Å². The topological polar surface area (TPSA) is 12.9 Å². The standard InChI is InChI=1S/C10H12ClN/c11-10(9-1-2-9)7-8-3-5-12-6-4-8/h3-6,9-10H,1-2,7H2. The van der Waals surface area contributed by atoms with Crippen LogP contribution >= 0.6 is 11.6 Å². The van der Waals surface area contributed by atoms with Crippen LogP contribution in [0.2, 0.25) is 0 Å². The van der Waals surface area contributed by atoms with E-state index in [-0.39, 0.29) is 0 Å². The molecule has 1 saturated carbocycles. The van der Waals surface area contributed by atoms with E-state index in [0.29, 0.717) is 5.38 Å². The summed E-state index contributed by atoms with van der Waals surface area (Å²) >= 11 is 6.19. The van der Waals surface area contributed by atoms with Gasteiger partial charge in [-0.15, -0.1) is 11.6 Å². The first kappa shape index (κ1) is 8.06. The Balaban J connectivity index is 1.94. The van der Waals surface area contributed by atoms with Gasteiger partial charge in [0.2, 0.25) is 0 Å². The summed E-state index contributed by atoms with van der Waals surface area (Å²) in [6.45, 7) is 0. The molecule has 64 valence electrons. The van der Waals surface area contributed by atoms with Crippen molar-refractivity contribution in [3.8, 4) is 0 Å². The normalized spacial score (nSPS) is 19.1. The van der Waals surface area contributed by atoms with Crippen LogP contribution in [0, 0.1) is 5.92 Å². The molecule has 1 unspecified atom stereocenters. The van der Waals surface area contributed by atoms with Gasteiger partial charge in [0.15, 0.2) is 0 Å². The lowest BCUT2D eigenvalue weighted by Crippen LogP contribution is -2.05. The summed E-state index contributed by atoms with van der Waals surface area (Å²) in [5.41, 5.74) is 1.30. The van der Waals surface area contributed by atoms with Gasteiger partial charge in [-0.1, -0.05) is 0 Å². The molecule has 1 atom stereocenters. The zero-order valence-electron chi connectivity index (χ0n) is 6.91. The summed E-state index contributed by atoms with van der Waals surface area (Å²) in [6.07, 6.45) is 7.28. The second-order valence-corrected chi connectivity index (χ2v) is 3.97. The summed E-state index contributed by atoms with van der Waals surface area (Å²) in [4.78, 5) is 3.97. The second kappa shape index (κ2) is 3.44. The van der Waals surface area contributed by atoms with Gasteiger partial charge < -0.3 is 0 Å². The SMILES string of the molecule is ClC(Cc1ccncc1)C1CC1. The summed E-state index contributed by atoms with van der Waals surface area (Å²) in [5, 5.41) is 0.340. The highest BCUT2D eigenvalue weighted by Crippen LogP contribution is 2.36. The minimum atomic E-state index is 0.340. The van der Waals surface area contributed by atoms with Gasteiger partial charge >= 0.3 is 0 Å². The molecular weight excluding hydrogens is 170 g/mol. The van der Waals surface area contributed by atoms with Crippen LogP contribution in [0.4, 0.5) is 0 Å². The third-order valence-electron chi connectivity index (χ3n) is 2.31. The number of hydrogen-bond donors (Lipinski definition) is 0. The van der Waals surface area contributed by atoms with E-state index in [1.165, 1.54) is 18.4 Å². The maximum absolute atomic E-state index is 6.19. The molecule has 0 N–H and O–H groups in total. The molecule has 1 heterocycles. The average molecular weight is 182 g/mol. The molecule has 1 aliphatic rings. The van der Waals surface area contributed by atoms with E-state index < -0.39 is 0 Å². The summed E-state index contributed by atoms with van der Waals surface area (Å²) < 4.78 is 0. The molecule has 0 aliphatic heterocycles. The smallest absolute Gasteiger partial charge is 0.0404 e. The fourth-order valence-corrected chi connectivity index (χ4v) is 1.80. The van der Waals surface area contributed by atoms with Crippen molar-refractivity contribution in [2.24, 2.45) is 5.92 Å². The first-order valence-corrected chi connectivity index (χ1v) is 4.83. The Morgan fingerprint density at radius 1 is 1.42 bits per heavy atom. The first-order chi connectivity index (χ1) is 5.86. The van der Waals surface area contributed by atoms with Gasteiger partial charge in [-0.25, -0.2) is 0 Å². The molecule has 1 aromatic heterocycles. The summed E-state index contributed by atoms with van der Waals surface area (Å²) in [7, 11) is 0. The van der Waals surface area contributed by atoms with Crippen LogP contribution < -0.4 is 0 Å². The van der Waals surface area contributed by atoms with Crippen molar-refractivity contribution >= 4 is 11.6 Å². The Kier molecular flexibility index (Phi) is 2.31.